The van der Waals surface area contributed by atoms with Gasteiger partial charge in [0, 0.05) is 18.7 Å². The average Bonchev–Trinajstić information content (AvgIpc) is 3.08. The molecule has 0 saturated carbocycles. The average molecular weight is 380 g/mol. The number of carboxylic acid groups (broad SMARTS) is 1. The minimum atomic E-state index is -0.988. The summed E-state index contributed by atoms with van der Waals surface area (Å²) in [5, 5.41) is 12.3. The molecule has 3 atom stereocenters. The standard InChI is InChI=1S/C22H24N2O4/c1-14-8-10-18(11-9-14)24-13-17(12-19(24)25)21(26)23-20(15(2)22(27)28)16-6-4-3-5-7-16/h3-11,15,17,20H,12-13H2,1-2H3,(H,23,26)(H,27,28). The van der Waals surface area contributed by atoms with Crippen LogP contribution in [0.25, 0.3) is 0 Å². The van der Waals surface area contributed by atoms with E-state index in [1.54, 1.807) is 36.1 Å². The van der Waals surface area contributed by atoms with Crippen LogP contribution < -0.4 is 10.2 Å². The number of nitrogens with zero attached hydrogens (tertiary/aromatic N) is 1. The third kappa shape index (κ3) is 4.22. The van der Waals surface area contributed by atoms with E-state index in [2.05, 4.69) is 5.32 Å². The van der Waals surface area contributed by atoms with E-state index in [9.17, 15) is 19.5 Å². The molecule has 0 aromatic heterocycles. The highest BCUT2D eigenvalue weighted by molar-refractivity contribution is 6.00. The van der Waals surface area contributed by atoms with Gasteiger partial charge in [-0.25, -0.2) is 0 Å². The van der Waals surface area contributed by atoms with Crippen LogP contribution in [0.2, 0.25) is 0 Å². The van der Waals surface area contributed by atoms with Gasteiger partial charge in [-0.3, -0.25) is 14.4 Å². The number of benzene rings is 2. The fraction of sp³-hybridized carbons (Fsp3) is 0.318. The molecule has 3 unspecified atom stereocenters. The number of aryl methyl sites for hydroxylation is 1. The predicted octanol–water partition coefficient (Wildman–Crippen LogP) is 2.93. The SMILES string of the molecule is Cc1ccc(N2CC(C(=O)NC(c3ccccc3)C(C)C(=O)O)CC2=O)cc1. The molecule has 146 valence electrons. The highest BCUT2D eigenvalue weighted by atomic mass is 16.4. The van der Waals surface area contributed by atoms with Crippen molar-refractivity contribution in [3.05, 3.63) is 65.7 Å². The molecule has 1 aliphatic rings. The molecule has 1 fully saturated rings. The second-order valence-corrected chi connectivity index (χ2v) is 7.26. The van der Waals surface area contributed by atoms with Gasteiger partial charge in [-0.1, -0.05) is 48.0 Å². The van der Waals surface area contributed by atoms with Gasteiger partial charge in [-0.05, 0) is 31.5 Å². The Morgan fingerprint density at radius 3 is 2.36 bits per heavy atom. The second kappa shape index (κ2) is 8.25. The lowest BCUT2D eigenvalue weighted by Crippen LogP contribution is -2.39. The number of carbonyl (C=O) groups excluding carboxylic acids is 2. The van der Waals surface area contributed by atoms with Crippen molar-refractivity contribution < 1.29 is 19.5 Å². The summed E-state index contributed by atoms with van der Waals surface area (Å²) in [5.74, 6) is -2.70. The minimum Gasteiger partial charge on any atom is -0.481 e. The lowest BCUT2D eigenvalue weighted by molar-refractivity contribution is -0.142. The molecule has 0 bridgehead atoms. The summed E-state index contributed by atoms with van der Waals surface area (Å²) in [6, 6.07) is 16.0. The summed E-state index contributed by atoms with van der Waals surface area (Å²) in [4.78, 5) is 38.4. The first-order valence-corrected chi connectivity index (χ1v) is 9.32. The maximum absolute atomic E-state index is 12.8. The Kier molecular flexibility index (Phi) is 5.78. The first-order valence-electron chi connectivity index (χ1n) is 9.32. The van der Waals surface area contributed by atoms with Gasteiger partial charge in [0.2, 0.25) is 11.8 Å². The second-order valence-electron chi connectivity index (χ2n) is 7.26. The van der Waals surface area contributed by atoms with E-state index in [4.69, 9.17) is 0 Å². The Labute approximate surface area is 164 Å². The topological polar surface area (TPSA) is 86.7 Å². The molecule has 2 aromatic carbocycles. The lowest BCUT2D eigenvalue weighted by atomic mass is 9.93. The van der Waals surface area contributed by atoms with E-state index in [0.717, 1.165) is 16.8 Å². The molecule has 28 heavy (non-hydrogen) atoms. The fourth-order valence-corrected chi connectivity index (χ4v) is 3.43. The highest BCUT2D eigenvalue weighted by Gasteiger charge is 2.37. The molecule has 6 nitrogen and oxygen atoms in total. The molecule has 2 amide bonds. The van der Waals surface area contributed by atoms with Gasteiger partial charge in [-0.15, -0.1) is 0 Å². The highest BCUT2D eigenvalue weighted by Crippen LogP contribution is 2.28. The van der Waals surface area contributed by atoms with Crippen molar-refractivity contribution in [2.45, 2.75) is 26.3 Å². The minimum absolute atomic E-state index is 0.105. The monoisotopic (exact) mass is 380 g/mol. The summed E-state index contributed by atoms with van der Waals surface area (Å²) in [6.07, 6.45) is 0.114. The number of aliphatic carboxylic acids is 1. The number of anilines is 1. The van der Waals surface area contributed by atoms with Crippen molar-refractivity contribution in [3.63, 3.8) is 0 Å². The van der Waals surface area contributed by atoms with Crippen LogP contribution in [0, 0.1) is 18.8 Å². The normalized spacial score (nSPS) is 18.6. The van der Waals surface area contributed by atoms with Crippen LogP contribution in [0.4, 0.5) is 5.69 Å². The number of carbonyl (C=O) groups is 3. The molecular weight excluding hydrogens is 356 g/mol. The lowest BCUT2D eigenvalue weighted by Gasteiger charge is -2.24. The molecule has 1 saturated heterocycles. The van der Waals surface area contributed by atoms with E-state index >= 15 is 0 Å². The smallest absolute Gasteiger partial charge is 0.308 e. The van der Waals surface area contributed by atoms with Crippen LogP contribution in [-0.4, -0.2) is 29.4 Å². The van der Waals surface area contributed by atoms with Crippen LogP contribution >= 0.6 is 0 Å². The van der Waals surface area contributed by atoms with Crippen LogP contribution in [0.3, 0.4) is 0 Å². The molecule has 2 aromatic rings. The zero-order valence-corrected chi connectivity index (χ0v) is 16.0. The summed E-state index contributed by atoms with van der Waals surface area (Å²) >= 11 is 0. The Balaban J connectivity index is 1.74. The Morgan fingerprint density at radius 2 is 1.75 bits per heavy atom. The van der Waals surface area contributed by atoms with Gasteiger partial charge in [0.15, 0.2) is 0 Å². The van der Waals surface area contributed by atoms with Crippen LogP contribution in [0.5, 0.6) is 0 Å². The molecule has 1 aliphatic heterocycles. The van der Waals surface area contributed by atoms with Gasteiger partial charge < -0.3 is 15.3 Å². The van der Waals surface area contributed by atoms with Gasteiger partial charge in [0.1, 0.15) is 0 Å². The molecule has 1 heterocycles. The first-order chi connectivity index (χ1) is 13.4. The van der Waals surface area contributed by atoms with Gasteiger partial charge in [0.25, 0.3) is 0 Å². The summed E-state index contributed by atoms with van der Waals surface area (Å²) in [5.41, 5.74) is 2.59. The number of carboxylic acids is 1. The number of amides is 2. The Hall–Kier alpha value is -3.15. The van der Waals surface area contributed by atoms with E-state index in [0.29, 0.717) is 0 Å². The zero-order chi connectivity index (χ0) is 20.3. The van der Waals surface area contributed by atoms with E-state index in [1.165, 1.54) is 0 Å². The Bertz CT molecular complexity index is 864. The van der Waals surface area contributed by atoms with Crippen LogP contribution in [-0.2, 0) is 14.4 Å². The maximum atomic E-state index is 12.8. The van der Waals surface area contributed by atoms with E-state index in [-0.39, 0.29) is 24.8 Å². The maximum Gasteiger partial charge on any atom is 0.308 e. The molecule has 0 aliphatic carbocycles. The molecular formula is C22H24N2O4. The van der Waals surface area contributed by atoms with Crippen LogP contribution in [0.15, 0.2) is 54.6 Å². The van der Waals surface area contributed by atoms with Crippen molar-refractivity contribution in [1.29, 1.82) is 0 Å². The van der Waals surface area contributed by atoms with Gasteiger partial charge in [-0.2, -0.15) is 0 Å². The van der Waals surface area contributed by atoms with Crippen molar-refractivity contribution in [2.24, 2.45) is 11.8 Å². The Morgan fingerprint density at radius 1 is 1.11 bits per heavy atom. The fourth-order valence-electron chi connectivity index (χ4n) is 3.43. The molecule has 6 heteroatoms. The summed E-state index contributed by atoms with van der Waals surface area (Å²) in [7, 11) is 0. The van der Waals surface area contributed by atoms with Crippen molar-refractivity contribution >= 4 is 23.5 Å². The van der Waals surface area contributed by atoms with Gasteiger partial charge in [0.05, 0.1) is 17.9 Å². The van der Waals surface area contributed by atoms with Gasteiger partial charge >= 0.3 is 5.97 Å². The van der Waals surface area contributed by atoms with E-state index < -0.39 is 23.8 Å². The third-order valence-electron chi connectivity index (χ3n) is 5.19. The van der Waals surface area contributed by atoms with Crippen LogP contribution in [0.1, 0.15) is 30.5 Å². The quantitative estimate of drug-likeness (QED) is 0.807. The first kappa shape index (κ1) is 19.6. The molecule has 2 N–H and O–H groups in total. The number of hydrogen-bond acceptors (Lipinski definition) is 3. The third-order valence-corrected chi connectivity index (χ3v) is 5.19. The van der Waals surface area contributed by atoms with Crippen molar-refractivity contribution in [2.75, 3.05) is 11.4 Å². The van der Waals surface area contributed by atoms with E-state index in [1.807, 2.05) is 37.3 Å². The molecule has 0 radical (unpaired) electrons. The zero-order valence-electron chi connectivity index (χ0n) is 16.0. The summed E-state index contributed by atoms with van der Waals surface area (Å²) < 4.78 is 0. The van der Waals surface area contributed by atoms with Crippen molar-refractivity contribution in [3.8, 4) is 0 Å². The number of hydrogen-bond donors (Lipinski definition) is 2. The largest absolute Gasteiger partial charge is 0.481 e. The predicted molar refractivity (Wildman–Crippen MR) is 106 cm³/mol. The summed E-state index contributed by atoms with van der Waals surface area (Å²) in [6.45, 7) is 3.83. The molecule has 0 spiro atoms. The number of rotatable bonds is 6. The number of nitrogens with one attached hydrogen (secondary N) is 1. The molecule has 3 rings (SSSR count). The van der Waals surface area contributed by atoms with Crippen molar-refractivity contribution in [1.82, 2.24) is 5.32 Å².